The van der Waals surface area contributed by atoms with Crippen molar-refractivity contribution in [3.63, 3.8) is 0 Å². The average Bonchev–Trinajstić information content (AvgIpc) is 2.48. The highest BCUT2D eigenvalue weighted by Crippen LogP contribution is 2.46. The zero-order chi connectivity index (χ0) is 13.9. The molecule has 0 aromatic heterocycles. The minimum Gasteiger partial charge on any atom is -0.378 e. The highest BCUT2D eigenvalue weighted by molar-refractivity contribution is 5.21. The van der Waals surface area contributed by atoms with Crippen LogP contribution in [0.5, 0.6) is 0 Å². The van der Waals surface area contributed by atoms with Gasteiger partial charge < -0.3 is 4.74 Å². The number of hydrogen-bond donors (Lipinski definition) is 0. The molecule has 0 radical (unpaired) electrons. The third-order valence-corrected chi connectivity index (χ3v) is 5.31. The Kier molecular flexibility index (Phi) is 4.40. The van der Waals surface area contributed by atoms with Gasteiger partial charge in [0.05, 0.1) is 6.10 Å². The first kappa shape index (κ1) is 14.1. The smallest absolute Gasteiger partial charge is 0.123 e. The summed E-state index contributed by atoms with van der Waals surface area (Å²) in [4.78, 5) is 0. The van der Waals surface area contributed by atoms with E-state index in [1.165, 1.54) is 44.1 Å². The van der Waals surface area contributed by atoms with Crippen molar-refractivity contribution in [3.8, 4) is 0 Å². The van der Waals surface area contributed by atoms with Crippen LogP contribution >= 0.6 is 0 Å². The summed E-state index contributed by atoms with van der Waals surface area (Å²) in [5, 5.41) is 0. The van der Waals surface area contributed by atoms with E-state index in [4.69, 9.17) is 4.74 Å². The van der Waals surface area contributed by atoms with Gasteiger partial charge in [0, 0.05) is 6.61 Å². The van der Waals surface area contributed by atoms with Crippen LogP contribution < -0.4 is 0 Å². The van der Waals surface area contributed by atoms with E-state index in [2.05, 4.69) is 6.92 Å². The number of benzene rings is 1. The van der Waals surface area contributed by atoms with Gasteiger partial charge in [-0.3, -0.25) is 0 Å². The molecule has 1 nitrogen and oxygen atoms in total. The summed E-state index contributed by atoms with van der Waals surface area (Å²) >= 11 is 0. The lowest BCUT2D eigenvalue weighted by Crippen LogP contribution is -2.33. The van der Waals surface area contributed by atoms with Crippen molar-refractivity contribution in [1.29, 1.82) is 0 Å². The minimum atomic E-state index is -0.125. The molecule has 2 fully saturated rings. The highest BCUT2D eigenvalue weighted by atomic mass is 19.1. The monoisotopic (exact) mass is 276 g/mol. The molecule has 2 aliphatic rings. The summed E-state index contributed by atoms with van der Waals surface area (Å²) in [5.74, 6) is 2.23. The largest absolute Gasteiger partial charge is 0.378 e. The fourth-order valence-electron chi connectivity index (χ4n) is 4.27. The third kappa shape index (κ3) is 3.06. The Morgan fingerprint density at radius 2 is 1.70 bits per heavy atom. The van der Waals surface area contributed by atoms with E-state index in [0.29, 0.717) is 12.0 Å². The van der Waals surface area contributed by atoms with E-state index < -0.39 is 0 Å². The molecule has 4 atom stereocenters. The van der Waals surface area contributed by atoms with Gasteiger partial charge in [0.25, 0.3) is 0 Å². The Hall–Kier alpha value is -0.890. The molecule has 0 N–H and O–H groups in total. The van der Waals surface area contributed by atoms with Crippen LogP contribution in [0.15, 0.2) is 24.3 Å². The van der Waals surface area contributed by atoms with Crippen LogP contribution in [0, 0.1) is 17.7 Å². The second kappa shape index (κ2) is 6.26. The number of rotatable bonds is 3. The fourth-order valence-corrected chi connectivity index (χ4v) is 4.27. The molecule has 0 spiro atoms. The number of fused-ring (bicyclic) bond motifs is 1. The van der Waals surface area contributed by atoms with Gasteiger partial charge in [-0.15, -0.1) is 0 Å². The van der Waals surface area contributed by atoms with E-state index in [-0.39, 0.29) is 5.82 Å². The number of ether oxygens (including phenoxy) is 1. The van der Waals surface area contributed by atoms with Gasteiger partial charge >= 0.3 is 0 Å². The predicted molar refractivity (Wildman–Crippen MR) is 79.2 cm³/mol. The molecule has 0 bridgehead atoms. The van der Waals surface area contributed by atoms with Crippen LogP contribution in [-0.4, -0.2) is 12.7 Å². The van der Waals surface area contributed by atoms with Crippen LogP contribution in [0.1, 0.15) is 56.9 Å². The zero-order valence-electron chi connectivity index (χ0n) is 12.4. The summed E-state index contributed by atoms with van der Waals surface area (Å²) in [5.41, 5.74) is 1.33. The topological polar surface area (TPSA) is 9.23 Å². The molecule has 2 heteroatoms. The van der Waals surface area contributed by atoms with Crippen molar-refractivity contribution in [3.05, 3.63) is 35.6 Å². The molecule has 0 amide bonds. The maximum atomic E-state index is 13.0. The van der Waals surface area contributed by atoms with Crippen LogP contribution in [0.25, 0.3) is 0 Å². The van der Waals surface area contributed by atoms with Crippen molar-refractivity contribution in [2.24, 2.45) is 11.8 Å². The van der Waals surface area contributed by atoms with E-state index in [1.54, 1.807) is 12.1 Å². The van der Waals surface area contributed by atoms with Crippen LogP contribution in [-0.2, 0) is 4.74 Å². The van der Waals surface area contributed by atoms with Crippen molar-refractivity contribution in [2.45, 2.75) is 57.5 Å². The van der Waals surface area contributed by atoms with E-state index in [9.17, 15) is 4.39 Å². The fraction of sp³-hybridized carbons (Fsp3) is 0.667. The molecular weight excluding hydrogens is 251 g/mol. The molecule has 1 aromatic carbocycles. The van der Waals surface area contributed by atoms with Gasteiger partial charge in [0.1, 0.15) is 5.82 Å². The Balaban J connectivity index is 1.61. The quantitative estimate of drug-likeness (QED) is 0.762. The SMILES string of the molecule is CCOC1CCC2CC(c3ccc(F)cc3)CCC2C1. The summed E-state index contributed by atoms with van der Waals surface area (Å²) in [7, 11) is 0. The van der Waals surface area contributed by atoms with Gasteiger partial charge in [0.2, 0.25) is 0 Å². The predicted octanol–water partition coefficient (Wildman–Crippen LogP) is 4.91. The first-order chi connectivity index (χ1) is 9.76. The van der Waals surface area contributed by atoms with Crippen molar-refractivity contribution in [1.82, 2.24) is 0 Å². The molecule has 0 saturated heterocycles. The molecular formula is C18H25FO. The van der Waals surface area contributed by atoms with Gasteiger partial charge in [-0.25, -0.2) is 4.39 Å². The van der Waals surface area contributed by atoms with Gasteiger partial charge in [-0.1, -0.05) is 12.1 Å². The number of halogens is 1. The molecule has 4 unspecified atom stereocenters. The van der Waals surface area contributed by atoms with Crippen LogP contribution in [0.2, 0.25) is 0 Å². The average molecular weight is 276 g/mol. The van der Waals surface area contributed by atoms with Gasteiger partial charge in [-0.2, -0.15) is 0 Å². The molecule has 0 aliphatic heterocycles. The van der Waals surface area contributed by atoms with Crippen molar-refractivity contribution in [2.75, 3.05) is 6.61 Å². The molecule has 110 valence electrons. The zero-order valence-corrected chi connectivity index (χ0v) is 12.4. The Morgan fingerprint density at radius 1 is 1.00 bits per heavy atom. The molecule has 20 heavy (non-hydrogen) atoms. The van der Waals surface area contributed by atoms with Crippen LogP contribution in [0.3, 0.4) is 0 Å². The Morgan fingerprint density at radius 3 is 2.45 bits per heavy atom. The number of hydrogen-bond acceptors (Lipinski definition) is 1. The van der Waals surface area contributed by atoms with E-state index in [0.717, 1.165) is 18.4 Å². The third-order valence-electron chi connectivity index (χ3n) is 5.31. The van der Waals surface area contributed by atoms with Crippen LogP contribution in [0.4, 0.5) is 4.39 Å². The summed E-state index contributed by atoms with van der Waals surface area (Å²) in [6.45, 7) is 2.94. The van der Waals surface area contributed by atoms with Gasteiger partial charge in [0.15, 0.2) is 0 Å². The Bertz CT molecular complexity index is 428. The normalized spacial score (nSPS) is 33.7. The molecule has 3 rings (SSSR count). The Labute approximate surface area is 121 Å². The second-order valence-electron chi connectivity index (χ2n) is 6.47. The first-order valence-corrected chi connectivity index (χ1v) is 8.13. The van der Waals surface area contributed by atoms with E-state index >= 15 is 0 Å². The maximum Gasteiger partial charge on any atom is 0.123 e. The summed E-state index contributed by atoms with van der Waals surface area (Å²) < 4.78 is 18.8. The second-order valence-corrected chi connectivity index (χ2v) is 6.47. The molecule has 0 heterocycles. The minimum absolute atomic E-state index is 0.125. The summed E-state index contributed by atoms with van der Waals surface area (Å²) in [6.07, 6.45) is 8.16. The summed E-state index contributed by atoms with van der Waals surface area (Å²) in [6, 6.07) is 7.17. The van der Waals surface area contributed by atoms with Crippen molar-refractivity contribution < 1.29 is 9.13 Å². The molecule has 2 saturated carbocycles. The standard InChI is InChI=1S/C18H25FO/c1-2-20-18-10-7-15-11-14(3-4-16(15)12-18)13-5-8-17(19)9-6-13/h5-6,8-9,14-16,18H,2-4,7,10-12H2,1H3. The lowest BCUT2D eigenvalue weighted by atomic mass is 9.65. The maximum absolute atomic E-state index is 13.0. The van der Waals surface area contributed by atoms with Crippen molar-refractivity contribution >= 4 is 0 Å². The molecule has 2 aliphatic carbocycles. The lowest BCUT2D eigenvalue weighted by Gasteiger charge is -2.42. The highest BCUT2D eigenvalue weighted by Gasteiger charge is 2.36. The lowest BCUT2D eigenvalue weighted by molar-refractivity contribution is -0.00955. The van der Waals surface area contributed by atoms with Gasteiger partial charge in [-0.05, 0) is 80.9 Å². The molecule has 1 aromatic rings. The van der Waals surface area contributed by atoms with E-state index in [1.807, 2.05) is 12.1 Å². The first-order valence-electron chi connectivity index (χ1n) is 8.13.